The lowest BCUT2D eigenvalue weighted by Crippen LogP contribution is -2.48. The summed E-state index contributed by atoms with van der Waals surface area (Å²) in [7, 11) is 2.07. The minimum atomic E-state index is 0.194. The summed E-state index contributed by atoms with van der Waals surface area (Å²) in [5.41, 5.74) is 5.99. The molecule has 16 heavy (non-hydrogen) atoms. The molecule has 1 amide bonds. The van der Waals surface area contributed by atoms with Gasteiger partial charge in [-0.2, -0.15) is 0 Å². The predicted octanol–water partition coefficient (Wildman–Crippen LogP) is 0.183. The van der Waals surface area contributed by atoms with Crippen molar-refractivity contribution >= 4 is 5.91 Å². The van der Waals surface area contributed by atoms with E-state index >= 15 is 0 Å². The van der Waals surface area contributed by atoms with E-state index < -0.39 is 0 Å². The van der Waals surface area contributed by atoms with E-state index in [2.05, 4.69) is 17.3 Å². The molecule has 0 spiro atoms. The summed E-state index contributed by atoms with van der Waals surface area (Å²) in [5, 5.41) is 3.09. The second-order valence-electron chi connectivity index (χ2n) is 5.52. The van der Waals surface area contributed by atoms with Crippen LogP contribution in [0.1, 0.15) is 25.7 Å². The second-order valence-corrected chi connectivity index (χ2v) is 5.52. The smallest absolute Gasteiger partial charge is 0.224 e. The lowest BCUT2D eigenvalue weighted by molar-refractivity contribution is -0.125. The second kappa shape index (κ2) is 4.72. The average molecular weight is 225 g/mol. The maximum atomic E-state index is 11.9. The first kappa shape index (κ1) is 11.9. The fraction of sp³-hybridized carbons (Fsp3) is 0.917. The molecule has 3 N–H and O–H groups in total. The average Bonchev–Trinajstić information content (AvgIpc) is 2.64. The highest BCUT2D eigenvalue weighted by Crippen LogP contribution is 2.39. The molecule has 4 heteroatoms. The summed E-state index contributed by atoms with van der Waals surface area (Å²) in [6, 6.07) is 0. The number of hydrogen-bond acceptors (Lipinski definition) is 3. The molecule has 1 saturated heterocycles. The third-order valence-corrected chi connectivity index (χ3v) is 4.25. The van der Waals surface area contributed by atoms with Gasteiger partial charge in [0.25, 0.3) is 0 Å². The number of hydrogen-bond donors (Lipinski definition) is 2. The molecule has 1 saturated carbocycles. The lowest BCUT2D eigenvalue weighted by atomic mass is 9.69. The van der Waals surface area contributed by atoms with E-state index in [1.807, 2.05) is 0 Å². The van der Waals surface area contributed by atoms with Gasteiger partial charge < -0.3 is 16.0 Å². The number of nitrogens with two attached hydrogens (primary N) is 1. The van der Waals surface area contributed by atoms with Crippen LogP contribution in [0.4, 0.5) is 0 Å². The predicted molar refractivity (Wildman–Crippen MR) is 64.0 cm³/mol. The van der Waals surface area contributed by atoms with Crippen molar-refractivity contribution in [3.05, 3.63) is 0 Å². The van der Waals surface area contributed by atoms with E-state index in [1.54, 1.807) is 0 Å². The fourth-order valence-corrected chi connectivity index (χ4v) is 2.70. The van der Waals surface area contributed by atoms with Gasteiger partial charge in [-0.25, -0.2) is 0 Å². The molecule has 0 aromatic carbocycles. The molecule has 1 aliphatic carbocycles. The van der Waals surface area contributed by atoms with E-state index in [4.69, 9.17) is 5.73 Å². The van der Waals surface area contributed by atoms with Gasteiger partial charge in [0.15, 0.2) is 0 Å². The number of likely N-dealkylation sites (tertiary alicyclic amines) is 1. The summed E-state index contributed by atoms with van der Waals surface area (Å²) < 4.78 is 0. The molecule has 1 aliphatic heterocycles. The van der Waals surface area contributed by atoms with Crippen LogP contribution < -0.4 is 11.1 Å². The van der Waals surface area contributed by atoms with Gasteiger partial charge in [-0.05, 0) is 44.8 Å². The highest BCUT2D eigenvalue weighted by atomic mass is 16.1. The van der Waals surface area contributed by atoms with Crippen LogP contribution in [0.3, 0.4) is 0 Å². The summed E-state index contributed by atoms with van der Waals surface area (Å²) in [4.78, 5) is 14.1. The van der Waals surface area contributed by atoms with Crippen LogP contribution in [-0.2, 0) is 4.79 Å². The Bertz CT molecular complexity index is 257. The zero-order valence-corrected chi connectivity index (χ0v) is 10.2. The Hall–Kier alpha value is -0.610. The van der Waals surface area contributed by atoms with Gasteiger partial charge in [-0.3, -0.25) is 4.79 Å². The highest BCUT2D eigenvalue weighted by molar-refractivity contribution is 5.79. The van der Waals surface area contributed by atoms with Crippen molar-refractivity contribution in [1.82, 2.24) is 10.2 Å². The largest absolute Gasteiger partial charge is 0.355 e. The Morgan fingerprint density at radius 1 is 1.56 bits per heavy atom. The molecular formula is C12H23N3O. The van der Waals surface area contributed by atoms with Gasteiger partial charge >= 0.3 is 0 Å². The van der Waals surface area contributed by atoms with Gasteiger partial charge in [-0.15, -0.1) is 0 Å². The molecule has 0 radical (unpaired) electrons. The van der Waals surface area contributed by atoms with Gasteiger partial charge in [0.05, 0.1) is 5.92 Å². The van der Waals surface area contributed by atoms with Crippen molar-refractivity contribution in [1.29, 1.82) is 0 Å². The minimum Gasteiger partial charge on any atom is -0.355 e. The van der Waals surface area contributed by atoms with E-state index in [0.29, 0.717) is 6.54 Å². The Kier molecular flexibility index (Phi) is 3.50. The lowest BCUT2D eigenvalue weighted by Gasteiger charge is -2.41. The maximum Gasteiger partial charge on any atom is 0.224 e. The molecule has 1 atom stereocenters. The third kappa shape index (κ3) is 2.38. The number of carbonyl (C=O) groups is 1. The van der Waals surface area contributed by atoms with Gasteiger partial charge in [0.2, 0.25) is 5.91 Å². The van der Waals surface area contributed by atoms with Crippen molar-refractivity contribution in [2.24, 2.45) is 17.1 Å². The van der Waals surface area contributed by atoms with E-state index in [9.17, 15) is 4.79 Å². The minimum absolute atomic E-state index is 0.194. The summed E-state index contributed by atoms with van der Waals surface area (Å²) in [5.74, 6) is 0.420. The van der Waals surface area contributed by atoms with E-state index in [1.165, 1.54) is 19.3 Å². The number of carbonyl (C=O) groups excluding carboxylic acids is 1. The molecule has 2 fully saturated rings. The molecule has 0 bridgehead atoms. The SMILES string of the molecule is CN1CCC(C(=O)NCC2(CN)CCC2)C1. The Morgan fingerprint density at radius 2 is 2.31 bits per heavy atom. The van der Waals surface area contributed by atoms with Crippen LogP contribution in [0.25, 0.3) is 0 Å². The van der Waals surface area contributed by atoms with Crippen molar-refractivity contribution in [2.45, 2.75) is 25.7 Å². The van der Waals surface area contributed by atoms with Crippen LogP contribution in [0.15, 0.2) is 0 Å². The van der Waals surface area contributed by atoms with Crippen LogP contribution in [-0.4, -0.2) is 44.0 Å². The molecule has 0 aromatic heterocycles. The number of amides is 1. The fourth-order valence-electron chi connectivity index (χ4n) is 2.70. The first-order valence-corrected chi connectivity index (χ1v) is 6.31. The van der Waals surface area contributed by atoms with Crippen molar-refractivity contribution in [3.63, 3.8) is 0 Å². The Labute approximate surface area is 97.6 Å². The normalized spacial score (nSPS) is 28.8. The molecule has 1 heterocycles. The molecule has 1 unspecified atom stereocenters. The maximum absolute atomic E-state index is 11.9. The molecule has 2 aliphatic rings. The van der Waals surface area contributed by atoms with Gasteiger partial charge in [0, 0.05) is 13.1 Å². The Balaban J connectivity index is 1.75. The number of nitrogens with one attached hydrogen (secondary N) is 1. The topological polar surface area (TPSA) is 58.4 Å². The standard InChI is InChI=1S/C12H23N3O/c1-15-6-3-10(7-15)11(16)14-9-12(8-13)4-2-5-12/h10H,2-9,13H2,1H3,(H,14,16). The number of nitrogens with zero attached hydrogens (tertiary/aromatic N) is 1. The van der Waals surface area contributed by atoms with Gasteiger partial charge in [0.1, 0.15) is 0 Å². The monoisotopic (exact) mass is 225 g/mol. The first-order chi connectivity index (χ1) is 7.65. The molecule has 4 nitrogen and oxygen atoms in total. The summed E-state index contributed by atoms with van der Waals surface area (Å²) in [6.45, 7) is 3.43. The first-order valence-electron chi connectivity index (χ1n) is 6.31. The molecular weight excluding hydrogens is 202 g/mol. The zero-order chi connectivity index (χ0) is 11.6. The van der Waals surface area contributed by atoms with Crippen molar-refractivity contribution in [3.8, 4) is 0 Å². The van der Waals surface area contributed by atoms with E-state index in [0.717, 1.165) is 26.1 Å². The van der Waals surface area contributed by atoms with Gasteiger partial charge in [-0.1, -0.05) is 6.42 Å². The van der Waals surface area contributed by atoms with Crippen LogP contribution in [0.2, 0.25) is 0 Å². The quantitative estimate of drug-likeness (QED) is 0.718. The molecule has 2 rings (SSSR count). The third-order valence-electron chi connectivity index (χ3n) is 4.25. The van der Waals surface area contributed by atoms with Crippen molar-refractivity contribution in [2.75, 3.05) is 33.2 Å². The Morgan fingerprint density at radius 3 is 2.75 bits per heavy atom. The summed E-state index contributed by atoms with van der Waals surface area (Å²) in [6.07, 6.45) is 4.61. The van der Waals surface area contributed by atoms with Crippen LogP contribution in [0, 0.1) is 11.3 Å². The van der Waals surface area contributed by atoms with Crippen molar-refractivity contribution < 1.29 is 4.79 Å². The van der Waals surface area contributed by atoms with E-state index in [-0.39, 0.29) is 17.2 Å². The zero-order valence-electron chi connectivity index (χ0n) is 10.2. The highest BCUT2D eigenvalue weighted by Gasteiger charge is 2.36. The molecule has 92 valence electrons. The summed E-state index contributed by atoms with van der Waals surface area (Å²) >= 11 is 0. The van der Waals surface area contributed by atoms with Crippen LogP contribution >= 0.6 is 0 Å². The van der Waals surface area contributed by atoms with Crippen LogP contribution in [0.5, 0.6) is 0 Å². The number of rotatable bonds is 4. The molecule has 0 aromatic rings.